The van der Waals surface area contributed by atoms with Crippen LogP contribution in [0.4, 0.5) is 10.1 Å². The molecule has 1 aromatic carbocycles. The van der Waals surface area contributed by atoms with Gasteiger partial charge in [0.2, 0.25) is 10.0 Å². The molecule has 150 valence electrons. The van der Waals surface area contributed by atoms with Gasteiger partial charge in [-0.1, -0.05) is 0 Å². The summed E-state index contributed by atoms with van der Waals surface area (Å²) < 4.78 is 48.3. The van der Waals surface area contributed by atoms with Crippen molar-refractivity contribution < 1.29 is 22.3 Å². The minimum absolute atomic E-state index is 0.000329. The second kappa shape index (κ2) is 7.95. The molecule has 2 aromatic rings. The van der Waals surface area contributed by atoms with E-state index < -0.39 is 27.8 Å². The van der Waals surface area contributed by atoms with Crippen molar-refractivity contribution in [2.24, 2.45) is 7.05 Å². The summed E-state index contributed by atoms with van der Waals surface area (Å²) in [5, 5.41) is 11.5. The Bertz CT molecular complexity index is 1190. The number of aryl methyl sites for hydroxylation is 1. The molecule has 0 bridgehead atoms. The molecule has 29 heavy (non-hydrogen) atoms. The molecular formula is C19H17FN4O4S. The molecule has 0 fully saturated rings. The number of carbonyl (C=O) groups is 1. The topological polar surface area (TPSA) is 113 Å². The summed E-state index contributed by atoms with van der Waals surface area (Å²) in [7, 11) is -2.41. The van der Waals surface area contributed by atoms with Gasteiger partial charge in [0.1, 0.15) is 23.4 Å². The van der Waals surface area contributed by atoms with Crippen LogP contribution in [0.1, 0.15) is 29.4 Å². The summed E-state index contributed by atoms with van der Waals surface area (Å²) in [4.78, 5) is 12.6. The van der Waals surface area contributed by atoms with E-state index in [9.17, 15) is 17.6 Å². The van der Waals surface area contributed by atoms with E-state index in [-0.39, 0.29) is 40.6 Å². The number of hydrogen-bond donors (Lipinski definition) is 2. The van der Waals surface area contributed by atoms with E-state index in [1.165, 1.54) is 29.9 Å². The minimum Gasteiger partial charge on any atom is -0.488 e. The lowest BCUT2D eigenvalue weighted by Crippen LogP contribution is -2.36. The maximum atomic E-state index is 13.5. The van der Waals surface area contributed by atoms with Crippen molar-refractivity contribution in [3.8, 4) is 23.7 Å². The average Bonchev–Trinajstić information content (AvgIpc) is 2.96. The first-order valence-electron chi connectivity index (χ1n) is 8.52. The number of benzene rings is 1. The Balaban J connectivity index is 1.95. The number of halogens is 1. The first kappa shape index (κ1) is 20.4. The van der Waals surface area contributed by atoms with Gasteiger partial charge in [0.15, 0.2) is 11.4 Å². The summed E-state index contributed by atoms with van der Waals surface area (Å²) in [5.41, 5.74) is -0.0551. The van der Waals surface area contributed by atoms with Crippen LogP contribution in [0.25, 0.3) is 0 Å². The Hall–Kier alpha value is -3.34. The third kappa shape index (κ3) is 4.09. The minimum atomic E-state index is -3.92. The number of ether oxygens (including phenoxy) is 1. The predicted molar refractivity (Wildman–Crippen MR) is 102 cm³/mol. The van der Waals surface area contributed by atoms with E-state index in [0.717, 1.165) is 6.07 Å². The lowest BCUT2D eigenvalue weighted by Gasteiger charge is -2.13. The average molecular weight is 416 g/mol. The van der Waals surface area contributed by atoms with E-state index in [1.807, 2.05) is 0 Å². The van der Waals surface area contributed by atoms with Crippen molar-refractivity contribution in [1.29, 1.82) is 5.26 Å². The van der Waals surface area contributed by atoms with Crippen LogP contribution >= 0.6 is 0 Å². The van der Waals surface area contributed by atoms with Crippen molar-refractivity contribution in [3.63, 3.8) is 0 Å². The molecule has 1 amide bonds. The zero-order valence-corrected chi connectivity index (χ0v) is 16.4. The number of carbonyl (C=O) groups excluding carboxylic acids is 1. The highest BCUT2D eigenvalue weighted by Crippen LogP contribution is 2.33. The van der Waals surface area contributed by atoms with Crippen LogP contribution in [0.2, 0.25) is 0 Å². The Morgan fingerprint density at radius 3 is 2.93 bits per heavy atom. The fourth-order valence-electron chi connectivity index (χ4n) is 2.88. The van der Waals surface area contributed by atoms with Crippen LogP contribution in [-0.2, 0) is 17.1 Å². The van der Waals surface area contributed by atoms with E-state index in [2.05, 4.69) is 21.9 Å². The fraction of sp³-hybridized carbons (Fsp3) is 0.263. The van der Waals surface area contributed by atoms with E-state index in [4.69, 9.17) is 10.00 Å². The highest BCUT2D eigenvalue weighted by atomic mass is 32.2. The van der Waals surface area contributed by atoms with Crippen LogP contribution < -0.4 is 14.8 Å². The van der Waals surface area contributed by atoms with Gasteiger partial charge in [-0.3, -0.25) is 4.79 Å². The number of fused-ring (bicyclic) bond motifs is 1. The van der Waals surface area contributed by atoms with Crippen molar-refractivity contribution in [3.05, 3.63) is 41.5 Å². The van der Waals surface area contributed by atoms with Crippen LogP contribution in [0.15, 0.2) is 29.3 Å². The number of rotatable bonds is 3. The molecule has 10 heteroatoms. The standard InChI is InChI=1S/C19H17FN4O4S/c1-3-4-5-14-11-28-18-16(29(26,27)23-14)10-24(2)17(18)19(25)22-13-6-7-15(20)12(8-13)9-21/h6-8,10,14,23H,5,11H2,1-2H3,(H,22,25). The lowest BCUT2D eigenvalue weighted by atomic mass is 10.2. The normalized spacial score (nSPS) is 17.0. The number of nitriles is 1. The van der Waals surface area contributed by atoms with E-state index >= 15 is 0 Å². The van der Waals surface area contributed by atoms with Gasteiger partial charge >= 0.3 is 0 Å². The number of amides is 1. The Morgan fingerprint density at radius 1 is 1.48 bits per heavy atom. The molecule has 1 aliphatic rings. The zero-order chi connectivity index (χ0) is 21.2. The first-order valence-corrected chi connectivity index (χ1v) is 10.00. The maximum absolute atomic E-state index is 13.5. The van der Waals surface area contributed by atoms with Crippen LogP contribution in [0, 0.1) is 29.0 Å². The molecule has 1 unspecified atom stereocenters. The second-order valence-corrected chi connectivity index (χ2v) is 7.99. The number of hydrogen-bond acceptors (Lipinski definition) is 5. The molecule has 0 spiro atoms. The van der Waals surface area contributed by atoms with Gasteiger partial charge in [-0.2, -0.15) is 5.26 Å². The van der Waals surface area contributed by atoms with Gasteiger partial charge in [0.05, 0.1) is 11.6 Å². The summed E-state index contributed by atoms with van der Waals surface area (Å²) in [6.45, 7) is 1.65. The van der Waals surface area contributed by atoms with Gasteiger partial charge in [0, 0.05) is 25.4 Å². The molecule has 3 rings (SSSR count). The first-order chi connectivity index (χ1) is 13.8. The molecule has 2 heterocycles. The van der Waals surface area contributed by atoms with Gasteiger partial charge in [0.25, 0.3) is 5.91 Å². The monoisotopic (exact) mass is 416 g/mol. The summed E-state index contributed by atoms with van der Waals surface area (Å²) in [6, 6.07) is 4.68. The van der Waals surface area contributed by atoms with Gasteiger partial charge in [-0.15, -0.1) is 11.8 Å². The zero-order valence-electron chi connectivity index (χ0n) is 15.6. The fourth-order valence-corrected chi connectivity index (χ4v) is 4.29. The highest BCUT2D eigenvalue weighted by molar-refractivity contribution is 7.89. The molecule has 2 N–H and O–H groups in total. The van der Waals surface area contributed by atoms with E-state index in [1.54, 1.807) is 13.0 Å². The van der Waals surface area contributed by atoms with Gasteiger partial charge in [-0.05, 0) is 25.1 Å². The third-order valence-electron chi connectivity index (χ3n) is 4.23. The summed E-state index contributed by atoms with van der Waals surface area (Å²) in [6.07, 6.45) is 1.55. The molecule has 0 radical (unpaired) electrons. The lowest BCUT2D eigenvalue weighted by molar-refractivity contribution is 0.101. The Labute approximate surface area is 167 Å². The van der Waals surface area contributed by atoms with Gasteiger partial charge < -0.3 is 14.6 Å². The molecule has 0 saturated carbocycles. The number of aromatic nitrogens is 1. The van der Waals surface area contributed by atoms with Crippen molar-refractivity contribution in [2.75, 3.05) is 11.9 Å². The Kier molecular flexibility index (Phi) is 5.59. The molecule has 8 nitrogen and oxygen atoms in total. The Morgan fingerprint density at radius 2 is 2.24 bits per heavy atom. The molecule has 1 aromatic heterocycles. The quantitative estimate of drug-likeness (QED) is 0.740. The summed E-state index contributed by atoms with van der Waals surface area (Å²) in [5.74, 6) is 4.05. The highest BCUT2D eigenvalue weighted by Gasteiger charge is 2.34. The SMILES string of the molecule is CC#CCC1COc2c(cn(C)c2C(=O)Nc2ccc(F)c(C#N)c2)S(=O)(=O)N1. The molecule has 1 atom stereocenters. The molecule has 0 aliphatic carbocycles. The van der Waals surface area contributed by atoms with Gasteiger partial charge in [-0.25, -0.2) is 17.5 Å². The van der Waals surface area contributed by atoms with Crippen molar-refractivity contribution in [2.45, 2.75) is 24.3 Å². The van der Waals surface area contributed by atoms with Crippen molar-refractivity contribution in [1.82, 2.24) is 9.29 Å². The third-order valence-corrected chi connectivity index (χ3v) is 5.74. The summed E-state index contributed by atoms with van der Waals surface area (Å²) >= 11 is 0. The number of nitrogens with one attached hydrogen (secondary N) is 2. The smallest absolute Gasteiger partial charge is 0.276 e. The van der Waals surface area contributed by atoms with Crippen LogP contribution in [0.3, 0.4) is 0 Å². The predicted octanol–water partition coefficient (Wildman–Crippen LogP) is 1.74. The molecular weight excluding hydrogens is 399 g/mol. The van der Waals surface area contributed by atoms with Crippen LogP contribution in [-0.4, -0.2) is 31.5 Å². The van der Waals surface area contributed by atoms with Crippen molar-refractivity contribution >= 4 is 21.6 Å². The molecule has 1 aliphatic heterocycles. The number of anilines is 1. The molecule has 0 saturated heterocycles. The maximum Gasteiger partial charge on any atom is 0.276 e. The van der Waals surface area contributed by atoms with E-state index in [0.29, 0.717) is 0 Å². The number of sulfonamides is 1. The second-order valence-electron chi connectivity index (χ2n) is 6.30. The van der Waals surface area contributed by atoms with Crippen LogP contribution in [0.5, 0.6) is 5.75 Å². The number of nitrogens with zero attached hydrogens (tertiary/aromatic N) is 2. The largest absolute Gasteiger partial charge is 0.488 e.